The maximum Gasteiger partial charge on any atom is 0.253 e. The zero-order valence-electron chi connectivity index (χ0n) is 10.2. The second-order valence-corrected chi connectivity index (χ2v) is 4.91. The Labute approximate surface area is 123 Å². The van der Waals surface area contributed by atoms with Crippen molar-refractivity contribution in [1.29, 1.82) is 5.26 Å². The van der Waals surface area contributed by atoms with Gasteiger partial charge in [0, 0.05) is 29.0 Å². The summed E-state index contributed by atoms with van der Waals surface area (Å²) in [7, 11) is 0. The molecule has 1 heterocycles. The van der Waals surface area contributed by atoms with Crippen LogP contribution >= 0.6 is 15.9 Å². The van der Waals surface area contributed by atoms with Gasteiger partial charge in [0.25, 0.3) is 5.91 Å². The Balaban J connectivity index is 2.09. The third-order valence-corrected chi connectivity index (χ3v) is 3.07. The van der Waals surface area contributed by atoms with Crippen molar-refractivity contribution in [2.75, 3.05) is 0 Å². The molecule has 0 aliphatic carbocycles. The van der Waals surface area contributed by atoms with E-state index in [0.29, 0.717) is 11.1 Å². The minimum Gasteiger partial charge on any atom is -0.348 e. The Bertz CT molecular complexity index is 697. The van der Waals surface area contributed by atoms with Gasteiger partial charge in [0.05, 0.1) is 11.1 Å². The predicted molar refractivity (Wildman–Crippen MR) is 74.2 cm³/mol. The van der Waals surface area contributed by atoms with Gasteiger partial charge in [-0.3, -0.25) is 9.78 Å². The van der Waals surface area contributed by atoms with E-state index in [1.165, 1.54) is 24.5 Å². The molecule has 1 aromatic heterocycles. The fourth-order valence-corrected chi connectivity index (χ4v) is 1.99. The van der Waals surface area contributed by atoms with Crippen LogP contribution in [0.25, 0.3) is 0 Å². The number of nitriles is 1. The lowest BCUT2D eigenvalue weighted by molar-refractivity contribution is 0.0950. The number of rotatable bonds is 3. The number of benzene rings is 1. The lowest BCUT2D eigenvalue weighted by Crippen LogP contribution is -2.23. The number of hydrogen-bond acceptors (Lipinski definition) is 3. The molecule has 0 aliphatic heterocycles. The van der Waals surface area contributed by atoms with Gasteiger partial charge in [0.1, 0.15) is 11.9 Å². The minimum atomic E-state index is -0.408. The predicted octanol–water partition coefficient (Wildman–Crippen LogP) is 2.78. The fraction of sp³-hybridized carbons (Fsp3) is 0.0714. The van der Waals surface area contributed by atoms with Crippen LogP contribution in [0.1, 0.15) is 21.5 Å². The summed E-state index contributed by atoms with van der Waals surface area (Å²) in [5.74, 6) is -0.800. The molecular formula is C14H9BrFN3O. The zero-order valence-corrected chi connectivity index (χ0v) is 11.8. The Morgan fingerprint density at radius 3 is 2.95 bits per heavy atom. The topological polar surface area (TPSA) is 65.8 Å². The van der Waals surface area contributed by atoms with E-state index >= 15 is 0 Å². The van der Waals surface area contributed by atoms with Gasteiger partial charge in [-0.25, -0.2) is 4.39 Å². The molecule has 0 unspecified atom stereocenters. The molecule has 0 fully saturated rings. The minimum absolute atomic E-state index is 0.0564. The molecule has 1 aromatic carbocycles. The molecule has 20 heavy (non-hydrogen) atoms. The Kier molecular flexibility index (Phi) is 4.43. The van der Waals surface area contributed by atoms with Crippen LogP contribution in [0, 0.1) is 17.1 Å². The van der Waals surface area contributed by atoms with Crippen molar-refractivity contribution >= 4 is 21.8 Å². The number of carbonyl (C=O) groups is 1. The summed E-state index contributed by atoms with van der Waals surface area (Å²) in [5, 5.41) is 11.3. The van der Waals surface area contributed by atoms with Crippen LogP contribution in [-0.4, -0.2) is 10.9 Å². The van der Waals surface area contributed by atoms with Crippen LogP contribution < -0.4 is 5.32 Å². The van der Waals surface area contributed by atoms with Gasteiger partial charge in [0.2, 0.25) is 0 Å². The Hall–Kier alpha value is -2.26. The van der Waals surface area contributed by atoms with Crippen LogP contribution in [0.5, 0.6) is 0 Å². The van der Waals surface area contributed by atoms with Crippen LogP contribution in [0.2, 0.25) is 0 Å². The van der Waals surface area contributed by atoms with Crippen LogP contribution in [0.3, 0.4) is 0 Å². The third kappa shape index (κ3) is 3.39. The molecule has 0 bridgehead atoms. The van der Waals surface area contributed by atoms with Gasteiger partial charge in [-0.1, -0.05) is 15.9 Å². The smallest absolute Gasteiger partial charge is 0.253 e. The average Bonchev–Trinajstić information content (AvgIpc) is 2.48. The van der Waals surface area contributed by atoms with E-state index in [1.807, 2.05) is 6.07 Å². The van der Waals surface area contributed by atoms with Gasteiger partial charge in [-0.2, -0.15) is 5.26 Å². The molecule has 2 aromatic rings. The highest BCUT2D eigenvalue weighted by Crippen LogP contribution is 2.15. The van der Waals surface area contributed by atoms with Crippen molar-refractivity contribution in [2.24, 2.45) is 0 Å². The van der Waals surface area contributed by atoms with E-state index in [2.05, 4.69) is 26.2 Å². The van der Waals surface area contributed by atoms with E-state index in [-0.39, 0.29) is 12.1 Å². The number of halogens is 2. The highest BCUT2D eigenvalue weighted by molar-refractivity contribution is 9.10. The standard InChI is InChI=1S/C14H9BrFN3O/c15-12-1-2-13(16)10(4-12)8-19-14(20)11-3-9(5-17)6-18-7-11/h1-4,6-7H,8H2,(H,19,20). The first-order chi connectivity index (χ1) is 9.60. The number of aromatic nitrogens is 1. The normalized spacial score (nSPS) is 9.85. The molecule has 0 atom stereocenters. The summed E-state index contributed by atoms with van der Waals surface area (Å²) in [6.45, 7) is 0.0564. The maximum atomic E-state index is 13.5. The number of carbonyl (C=O) groups excluding carboxylic acids is 1. The van der Waals surface area contributed by atoms with E-state index in [1.54, 1.807) is 12.1 Å². The van der Waals surface area contributed by atoms with E-state index in [4.69, 9.17) is 5.26 Å². The van der Waals surface area contributed by atoms with Crippen molar-refractivity contribution in [3.05, 3.63) is 63.6 Å². The summed E-state index contributed by atoms with van der Waals surface area (Å²) in [6.07, 6.45) is 2.72. The lowest BCUT2D eigenvalue weighted by atomic mass is 10.2. The van der Waals surface area contributed by atoms with Crippen molar-refractivity contribution in [2.45, 2.75) is 6.54 Å². The highest BCUT2D eigenvalue weighted by atomic mass is 79.9. The van der Waals surface area contributed by atoms with Crippen molar-refractivity contribution < 1.29 is 9.18 Å². The van der Waals surface area contributed by atoms with Crippen molar-refractivity contribution in [3.63, 3.8) is 0 Å². The summed E-state index contributed by atoms with van der Waals surface area (Å²) in [5.41, 5.74) is 0.933. The van der Waals surface area contributed by atoms with Crippen molar-refractivity contribution in [1.82, 2.24) is 10.3 Å². The molecule has 0 radical (unpaired) electrons. The maximum absolute atomic E-state index is 13.5. The first-order valence-corrected chi connectivity index (χ1v) is 6.46. The zero-order chi connectivity index (χ0) is 14.5. The Morgan fingerprint density at radius 1 is 1.40 bits per heavy atom. The van der Waals surface area contributed by atoms with E-state index in [9.17, 15) is 9.18 Å². The summed E-state index contributed by atoms with van der Waals surface area (Å²) in [4.78, 5) is 15.7. The van der Waals surface area contributed by atoms with Gasteiger partial charge in [-0.05, 0) is 24.3 Å². The number of pyridine rings is 1. The number of amides is 1. The SMILES string of the molecule is N#Cc1cncc(C(=O)NCc2cc(Br)ccc2F)c1. The second kappa shape index (κ2) is 6.26. The number of nitrogens with one attached hydrogen (secondary N) is 1. The molecule has 0 saturated heterocycles. The van der Waals surface area contributed by atoms with Crippen molar-refractivity contribution in [3.8, 4) is 6.07 Å². The van der Waals surface area contributed by atoms with Gasteiger partial charge >= 0.3 is 0 Å². The lowest BCUT2D eigenvalue weighted by Gasteiger charge is -2.07. The molecule has 0 saturated carbocycles. The molecule has 0 aliphatic rings. The average molecular weight is 334 g/mol. The summed E-state index contributed by atoms with van der Waals surface area (Å²) in [6, 6.07) is 7.84. The van der Waals surface area contributed by atoms with Crippen LogP contribution in [0.15, 0.2) is 41.1 Å². The van der Waals surface area contributed by atoms with E-state index < -0.39 is 11.7 Å². The molecule has 2 rings (SSSR count). The number of nitrogens with zero attached hydrogens (tertiary/aromatic N) is 2. The summed E-state index contributed by atoms with van der Waals surface area (Å²) >= 11 is 3.24. The Morgan fingerprint density at radius 2 is 2.20 bits per heavy atom. The molecule has 6 heteroatoms. The van der Waals surface area contributed by atoms with E-state index in [0.717, 1.165) is 4.47 Å². The molecule has 4 nitrogen and oxygen atoms in total. The molecule has 1 amide bonds. The summed E-state index contributed by atoms with van der Waals surface area (Å²) < 4.78 is 14.2. The van der Waals surface area contributed by atoms with Crippen LogP contribution in [0.4, 0.5) is 4.39 Å². The second-order valence-electron chi connectivity index (χ2n) is 3.99. The monoisotopic (exact) mass is 333 g/mol. The number of hydrogen-bond donors (Lipinski definition) is 1. The fourth-order valence-electron chi connectivity index (χ4n) is 1.58. The molecule has 0 spiro atoms. The third-order valence-electron chi connectivity index (χ3n) is 2.58. The first-order valence-electron chi connectivity index (χ1n) is 5.67. The largest absolute Gasteiger partial charge is 0.348 e. The van der Waals surface area contributed by atoms with Gasteiger partial charge in [-0.15, -0.1) is 0 Å². The van der Waals surface area contributed by atoms with Crippen LogP contribution in [-0.2, 0) is 6.54 Å². The quantitative estimate of drug-likeness (QED) is 0.939. The highest BCUT2D eigenvalue weighted by Gasteiger charge is 2.09. The van der Waals surface area contributed by atoms with Gasteiger partial charge in [0.15, 0.2) is 0 Å². The van der Waals surface area contributed by atoms with Gasteiger partial charge < -0.3 is 5.32 Å². The first kappa shape index (κ1) is 14.2. The molecular weight excluding hydrogens is 325 g/mol. The molecule has 1 N–H and O–H groups in total. The molecule has 100 valence electrons.